The number of rotatable bonds is 5. The second kappa shape index (κ2) is 7.92. The Hall–Kier alpha value is -2.67. The molecule has 0 saturated carbocycles. The van der Waals surface area contributed by atoms with Crippen molar-refractivity contribution in [2.45, 2.75) is 59.3 Å². The fourth-order valence-electron chi connectivity index (χ4n) is 3.30. The fraction of sp³-hybridized carbons (Fsp3) is 0.450. The maximum absolute atomic E-state index is 12.7. The standard InChI is InChI=1S/C20H27N5O2/c1-5-6-16-11-18(26)23-20(21-16)25-17(10-14(4)24-25)22-19(27)15-8-7-12(2)13(3)9-15/h7-10,16,20-21H,5-6,11H2,1-4H3,(H,22,27)(H,23,26). The van der Waals surface area contributed by atoms with E-state index in [4.69, 9.17) is 0 Å². The molecule has 0 aliphatic carbocycles. The normalized spacial score (nSPS) is 19.6. The Labute approximate surface area is 159 Å². The summed E-state index contributed by atoms with van der Waals surface area (Å²) >= 11 is 0. The summed E-state index contributed by atoms with van der Waals surface area (Å²) in [5, 5.41) is 13.7. The summed E-state index contributed by atoms with van der Waals surface area (Å²) in [6.07, 6.45) is 1.88. The molecule has 1 fully saturated rings. The lowest BCUT2D eigenvalue weighted by molar-refractivity contribution is -0.125. The zero-order chi connectivity index (χ0) is 19.6. The van der Waals surface area contributed by atoms with E-state index in [1.165, 1.54) is 0 Å². The van der Waals surface area contributed by atoms with Gasteiger partial charge in [0.1, 0.15) is 5.82 Å². The molecule has 27 heavy (non-hydrogen) atoms. The summed E-state index contributed by atoms with van der Waals surface area (Å²) in [4.78, 5) is 24.8. The molecule has 1 aliphatic rings. The van der Waals surface area contributed by atoms with Gasteiger partial charge in [0.25, 0.3) is 5.91 Å². The van der Waals surface area contributed by atoms with Crippen LogP contribution in [-0.2, 0) is 4.79 Å². The predicted molar refractivity (Wildman–Crippen MR) is 104 cm³/mol. The second-order valence-corrected chi connectivity index (χ2v) is 7.20. The van der Waals surface area contributed by atoms with Gasteiger partial charge in [-0.1, -0.05) is 19.4 Å². The van der Waals surface area contributed by atoms with Crippen molar-refractivity contribution in [3.05, 3.63) is 46.6 Å². The van der Waals surface area contributed by atoms with E-state index >= 15 is 0 Å². The lowest BCUT2D eigenvalue weighted by Crippen LogP contribution is -2.53. The number of aromatic nitrogens is 2. The zero-order valence-electron chi connectivity index (χ0n) is 16.3. The molecule has 2 atom stereocenters. The quantitative estimate of drug-likeness (QED) is 0.756. The maximum atomic E-state index is 12.7. The Morgan fingerprint density at radius 3 is 2.74 bits per heavy atom. The van der Waals surface area contributed by atoms with E-state index in [9.17, 15) is 9.59 Å². The number of anilines is 1. The van der Waals surface area contributed by atoms with Gasteiger partial charge < -0.3 is 10.6 Å². The predicted octanol–water partition coefficient (Wildman–Crippen LogP) is 2.79. The molecule has 2 aromatic rings. The molecule has 2 amide bonds. The molecule has 3 rings (SSSR count). The number of carbonyl (C=O) groups excluding carboxylic acids is 2. The number of aryl methyl sites for hydroxylation is 3. The lowest BCUT2D eigenvalue weighted by atomic mass is 10.1. The average Bonchev–Trinajstić information content (AvgIpc) is 2.97. The Kier molecular flexibility index (Phi) is 5.60. The monoisotopic (exact) mass is 369 g/mol. The third-order valence-corrected chi connectivity index (χ3v) is 4.87. The van der Waals surface area contributed by atoms with E-state index in [-0.39, 0.29) is 17.9 Å². The molecule has 144 valence electrons. The van der Waals surface area contributed by atoms with Gasteiger partial charge in [-0.25, -0.2) is 4.68 Å². The summed E-state index contributed by atoms with van der Waals surface area (Å²) in [7, 11) is 0. The Morgan fingerprint density at radius 2 is 2.04 bits per heavy atom. The van der Waals surface area contributed by atoms with Gasteiger partial charge in [0, 0.05) is 24.1 Å². The van der Waals surface area contributed by atoms with Crippen molar-refractivity contribution in [2.24, 2.45) is 0 Å². The highest BCUT2D eigenvalue weighted by Crippen LogP contribution is 2.20. The van der Waals surface area contributed by atoms with Crippen molar-refractivity contribution >= 4 is 17.6 Å². The Bertz CT molecular complexity index is 858. The number of carbonyl (C=O) groups is 2. The third kappa shape index (κ3) is 4.36. The van der Waals surface area contributed by atoms with Gasteiger partial charge in [0.05, 0.1) is 5.69 Å². The van der Waals surface area contributed by atoms with Crippen molar-refractivity contribution in [1.29, 1.82) is 0 Å². The van der Waals surface area contributed by atoms with Gasteiger partial charge in [0.15, 0.2) is 6.29 Å². The smallest absolute Gasteiger partial charge is 0.256 e. The molecule has 2 unspecified atom stereocenters. The third-order valence-electron chi connectivity index (χ3n) is 4.87. The highest BCUT2D eigenvalue weighted by atomic mass is 16.2. The van der Waals surface area contributed by atoms with Crippen molar-refractivity contribution in [1.82, 2.24) is 20.4 Å². The first-order valence-corrected chi connectivity index (χ1v) is 9.37. The van der Waals surface area contributed by atoms with Crippen LogP contribution in [0.1, 0.15) is 59.7 Å². The highest BCUT2D eigenvalue weighted by Gasteiger charge is 2.28. The van der Waals surface area contributed by atoms with Crippen LogP contribution in [-0.4, -0.2) is 27.6 Å². The molecular formula is C20H27N5O2. The van der Waals surface area contributed by atoms with Crippen molar-refractivity contribution in [2.75, 3.05) is 5.32 Å². The lowest BCUT2D eigenvalue weighted by Gasteiger charge is -2.32. The number of benzene rings is 1. The molecule has 1 aliphatic heterocycles. The van der Waals surface area contributed by atoms with Crippen LogP contribution in [0.3, 0.4) is 0 Å². The van der Waals surface area contributed by atoms with Crippen LogP contribution in [0.5, 0.6) is 0 Å². The van der Waals surface area contributed by atoms with Gasteiger partial charge >= 0.3 is 0 Å². The van der Waals surface area contributed by atoms with Crippen molar-refractivity contribution in [3.8, 4) is 0 Å². The van der Waals surface area contributed by atoms with E-state index in [2.05, 4.69) is 28.0 Å². The van der Waals surface area contributed by atoms with E-state index < -0.39 is 6.29 Å². The maximum Gasteiger partial charge on any atom is 0.256 e. The first-order valence-electron chi connectivity index (χ1n) is 9.37. The average molecular weight is 369 g/mol. The molecule has 1 aromatic heterocycles. The number of hydrogen-bond acceptors (Lipinski definition) is 4. The number of amides is 2. The molecule has 0 bridgehead atoms. The summed E-state index contributed by atoms with van der Waals surface area (Å²) in [6.45, 7) is 7.95. The Morgan fingerprint density at radius 1 is 1.26 bits per heavy atom. The summed E-state index contributed by atoms with van der Waals surface area (Å²) in [5.74, 6) is 0.328. The zero-order valence-corrected chi connectivity index (χ0v) is 16.3. The fourth-order valence-corrected chi connectivity index (χ4v) is 3.30. The van der Waals surface area contributed by atoms with Gasteiger partial charge in [-0.05, 0) is 50.5 Å². The van der Waals surface area contributed by atoms with Crippen molar-refractivity contribution < 1.29 is 9.59 Å². The largest absolute Gasteiger partial charge is 0.322 e. The van der Waals surface area contributed by atoms with Crippen LogP contribution >= 0.6 is 0 Å². The molecule has 0 radical (unpaired) electrons. The molecule has 0 spiro atoms. The second-order valence-electron chi connectivity index (χ2n) is 7.20. The van der Waals surface area contributed by atoms with Crippen molar-refractivity contribution in [3.63, 3.8) is 0 Å². The minimum absolute atomic E-state index is 0.0169. The number of nitrogens with one attached hydrogen (secondary N) is 3. The molecule has 1 aromatic carbocycles. The molecule has 7 nitrogen and oxygen atoms in total. The van der Waals surface area contributed by atoms with Gasteiger partial charge in [0.2, 0.25) is 5.91 Å². The summed E-state index contributed by atoms with van der Waals surface area (Å²) in [6, 6.07) is 7.52. The number of hydrogen-bond donors (Lipinski definition) is 3. The van der Waals surface area contributed by atoms with E-state index in [0.29, 0.717) is 17.8 Å². The molecule has 2 heterocycles. The van der Waals surface area contributed by atoms with Crippen LogP contribution in [0.25, 0.3) is 0 Å². The van der Waals surface area contributed by atoms with E-state index in [0.717, 1.165) is 29.7 Å². The van der Waals surface area contributed by atoms with Crippen LogP contribution in [0, 0.1) is 20.8 Å². The SMILES string of the molecule is CCCC1CC(=O)NC(n2nc(C)cc2NC(=O)c2ccc(C)c(C)c2)N1. The van der Waals surface area contributed by atoms with E-state index in [1.807, 2.05) is 39.0 Å². The van der Waals surface area contributed by atoms with Gasteiger partial charge in [-0.2, -0.15) is 5.10 Å². The first-order chi connectivity index (χ1) is 12.9. The van der Waals surface area contributed by atoms with Crippen LogP contribution < -0.4 is 16.0 Å². The highest BCUT2D eigenvalue weighted by molar-refractivity contribution is 6.04. The minimum atomic E-state index is -0.480. The summed E-state index contributed by atoms with van der Waals surface area (Å²) in [5.41, 5.74) is 3.56. The Balaban J connectivity index is 1.82. The minimum Gasteiger partial charge on any atom is -0.322 e. The summed E-state index contributed by atoms with van der Waals surface area (Å²) < 4.78 is 1.63. The molecular weight excluding hydrogens is 342 g/mol. The van der Waals surface area contributed by atoms with Gasteiger partial charge in [-0.15, -0.1) is 0 Å². The number of nitrogens with zero attached hydrogens (tertiary/aromatic N) is 2. The van der Waals surface area contributed by atoms with Crippen LogP contribution in [0.2, 0.25) is 0 Å². The molecule has 1 saturated heterocycles. The molecule has 7 heteroatoms. The van der Waals surface area contributed by atoms with Crippen LogP contribution in [0.4, 0.5) is 5.82 Å². The van der Waals surface area contributed by atoms with Gasteiger partial charge in [-0.3, -0.25) is 14.9 Å². The first kappa shape index (κ1) is 19.1. The topological polar surface area (TPSA) is 88.1 Å². The van der Waals surface area contributed by atoms with E-state index in [1.54, 1.807) is 10.7 Å². The molecule has 3 N–H and O–H groups in total. The van der Waals surface area contributed by atoms with Crippen LogP contribution in [0.15, 0.2) is 24.3 Å².